The third-order valence-electron chi connectivity index (χ3n) is 3.05. The van der Waals surface area contributed by atoms with Crippen molar-refractivity contribution in [1.82, 2.24) is 5.32 Å². The standard InChI is InChI=1S/C8H14N2O/c9-8(11)7-6-3-1-2-5(6)4-10-7/h5-7,10H,1-4H2,(H2,9,11)/t5-,6-,7-/m1/s1. The topological polar surface area (TPSA) is 55.1 Å². The van der Waals surface area contributed by atoms with Crippen LogP contribution >= 0.6 is 0 Å². The molecule has 2 aliphatic rings. The lowest BCUT2D eigenvalue weighted by atomic mass is 9.94. The van der Waals surface area contributed by atoms with Crippen LogP contribution in [0, 0.1) is 11.8 Å². The molecule has 3 nitrogen and oxygen atoms in total. The van der Waals surface area contributed by atoms with Gasteiger partial charge in [-0.3, -0.25) is 4.79 Å². The number of hydrogen-bond donors (Lipinski definition) is 2. The number of hydrogen-bond acceptors (Lipinski definition) is 2. The van der Waals surface area contributed by atoms with Gasteiger partial charge in [0.05, 0.1) is 6.04 Å². The van der Waals surface area contributed by atoms with E-state index in [2.05, 4.69) is 5.32 Å². The number of primary amides is 1. The monoisotopic (exact) mass is 154 g/mol. The third kappa shape index (κ3) is 1.03. The summed E-state index contributed by atoms with van der Waals surface area (Å²) in [5.74, 6) is 1.11. The van der Waals surface area contributed by atoms with Crippen molar-refractivity contribution in [3.8, 4) is 0 Å². The first-order chi connectivity index (χ1) is 5.29. The number of fused-ring (bicyclic) bond motifs is 1. The van der Waals surface area contributed by atoms with Crippen LogP contribution in [0.5, 0.6) is 0 Å². The van der Waals surface area contributed by atoms with Crippen LogP contribution in [0.15, 0.2) is 0 Å². The number of nitrogens with one attached hydrogen (secondary N) is 1. The van der Waals surface area contributed by atoms with Gasteiger partial charge in [-0.15, -0.1) is 0 Å². The lowest BCUT2D eigenvalue weighted by molar-refractivity contribution is -0.120. The molecule has 1 saturated heterocycles. The zero-order valence-corrected chi connectivity index (χ0v) is 6.55. The van der Waals surface area contributed by atoms with Crippen LogP contribution in [0.2, 0.25) is 0 Å². The van der Waals surface area contributed by atoms with Gasteiger partial charge in [0.1, 0.15) is 0 Å². The smallest absolute Gasteiger partial charge is 0.234 e. The van der Waals surface area contributed by atoms with Gasteiger partial charge in [0.2, 0.25) is 5.91 Å². The molecule has 0 aromatic heterocycles. The fourth-order valence-corrected chi connectivity index (χ4v) is 2.50. The Morgan fingerprint density at radius 1 is 1.45 bits per heavy atom. The first kappa shape index (κ1) is 7.10. The van der Waals surface area contributed by atoms with Gasteiger partial charge in [0, 0.05) is 0 Å². The predicted octanol–water partition coefficient (Wildman–Crippen LogP) is -0.140. The quantitative estimate of drug-likeness (QED) is 0.552. The Bertz CT molecular complexity index is 181. The highest BCUT2D eigenvalue weighted by atomic mass is 16.1. The van der Waals surface area contributed by atoms with Gasteiger partial charge in [0.25, 0.3) is 0 Å². The molecule has 1 aliphatic heterocycles. The molecule has 2 rings (SSSR count). The number of nitrogens with two attached hydrogens (primary N) is 1. The van der Waals surface area contributed by atoms with Gasteiger partial charge in [-0.25, -0.2) is 0 Å². The molecule has 1 amide bonds. The first-order valence-corrected chi connectivity index (χ1v) is 4.32. The number of rotatable bonds is 1. The maximum atomic E-state index is 10.9. The molecule has 0 radical (unpaired) electrons. The molecule has 0 bridgehead atoms. The zero-order chi connectivity index (χ0) is 7.84. The van der Waals surface area contributed by atoms with Gasteiger partial charge in [0.15, 0.2) is 0 Å². The second-order valence-corrected chi connectivity index (χ2v) is 3.64. The van der Waals surface area contributed by atoms with Crippen molar-refractivity contribution < 1.29 is 4.79 Å². The minimum Gasteiger partial charge on any atom is -0.368 e. The van der Waals surface area contributed by atoms with Crippen molar-refractivity contribution in [2.45, 2.75) is 25.3 Å². The highest BCUT2D eigenvalue weighted by Gasteiger charge is 2.41. The summed E-state index contributed by atoms with van der Waals surface area (Å²) in [5.41, 5.74) is 5.25. The second-order valence-electron chi connectivity index (χ2n) is 3.64. The molecule has 0 unspecified atom stereocenters. The van der Waals surface area contributed by atoms with Crippen LogP contribution in [0.3, 0.4) is 0 Å². The fourth-order valence-electron chi connectivity index (χ4n) is 2.50. The maximum Gasteiger partial charge on any atom is 0.234 e. The Balaban J connectivity index is 2.08. The SMILES string of the molecule is NC(=O)[C@@H]1NC[C@H]2CCC[C@H]21. The molecule has 11 heavy (non-hydrogen) atoms. The molecule has 0 spiro atoms. The van der Waals surface area contributed by atoms with Crippen LogP contribution < -0.4 is 11.1 Å². The van der Waals surface area contributed by atoms with E-state index in [-0.39, 0.29) is 11.9 Å². The van der Waals surface area contributed by atoms with Crippen molar-refractivity contribution in [3.05, 3.63) is 0 Å². The van der Waals surface area contributed by atoms with E-state index in [1.807, 2.05) is 0 Å². The van der Waals surface area contributed by atoms with E-state index in [0.717, 1.165) is 12.5 Å². The molecular weight excluding hydrogens is 140 g/mol. The Labute approximate surface area is 66.3 Å². The summed E-state index contributed by atoms with van der Waals surface area (Å²) in [6, 6.07) is -0.0255. The molecule has 2 fully saturated rings. The van der Waals surface area contributed by atoms with Gasteiger partial charge in [-0.05, 0) is 31.2 Å². The van der Waals surface area contributed by atoms with Crippen molar-refractivity contribution in [1.29, 1.82) is 0 Å². The number of carbonyl (C=O) groups is 1. The van der Waals surface area contributed by atoms with Crippen LogP contribution in [-0.4, -0.2) is 18.5 Å². The van der Waals surface area contributed by atoms with E-state index in [9.17, 15) is 4.79 Å². The van der Waals surface area contributed by atoms with Gasteiger partial charge >= 0.3 is 0 Å². The van der Waals surface area contributed by atoms with Gasteiger partial charge in [-0.1, -0.05) is 6.42 Å². The summed E-state index contributed by atoms with van der Waals surface area (Å²) in [4.78, 5) is 10.9. The number of carbonyl (C=O) groups excluding carboxylic acids is 1. The van der Waals surface area contributed by atoms with Gasteiger partial charge < -0.3 is 11.1 Å². The summed E-state index contributed by atoms with van der Waals surface area (Å²) in [5, 5.41) is 3.18. The highest BCUT2D eigenvalue weighted by Crippen LogP contribution is 2.37. The molecule has 1 aliphatic carbocycles. The molecule has 3 heteroatoms. The summed E-state index contributed by atoms with van der Waals surface area (Å²) < 4.78 is 0. The molecule has 62 valence electrons. The number of amides is 1. The Hall–Kier alpha value is -0.570. The fraction of sp³-hybridized carbons (Fsp3) is 0.875. The third-order valence-corrected chi connectivity index (χ3v) is 3.05. The lowest BCUT2D eigenvalue weighted by Crippen LogP contribution is -2.40. The largest absolute Gasteiger partial charge is 0.368 e. The summed E-state index contributed by atoms with van der Waals surface area (Å²) in [6.45, 7) is 0.998. The Morgan fingerprint density at radius 3 is 3.00 bits per heavy atom. The maximum absolute atomic E-state index is 10.9. The summed E-state index contributed by atoms with van der Waals surface area (Å²) in [7, 11) is 0. The van der Waals surface area contributed by atoms with Crippen LogP contribution in [0.25, 0.3) is 0 Å². The molecule has 3 N–H and O–H groups in total. The average molecular weight is 154 g/mol. The molecule has 0 aromatic rings. The van der Waals surface area contributed by atoms with Crippen molar-refractivity contribution in [3.63, 3.8) is 0 Å². The van der Waals surface area contributed by atoms with E-state index >= 15 is 0 Å². The Kier molecular flexibility index (Phi) is 1.60. The molecular formula is C8H14N2O. The lowest BCUT2D eigenvalue weighted by Gasteiger charge is -2.13. The van der Waals surface area contributed by atoms with E-state index in [0.29, 0.717) is 5.92 Å². The van der Waals surface area contributed by atoms with Crippen LogP contribution in [0.1, 0.15) is 19.3 Å². The minimum absolute atomic E-state index is 0.0255. The summed E-state index contributed by atoms with van der Waals surface area (Å²) >= 11 is 0. The Morgan fingerprint density at radius 2 is 2.27 bits per heavy atom. The molecule has 1 heterocycles. The van der Waals surface area contributed by atoms with E-state index in [4.69, 9.17) is 5.73 Å². The van der Waals surface area contributed by atoms with E-state index in [1.165, 1.54) is 19.3 Å². The van der Waals surface area contributed by atoms with Crippen molar-refractivity contribution >= 4 is 5.91 Å². The highest BCUT2D eigenvalue weighted by molar-refractivity contribution is 5.80. The zero-order valence-electron chi connectivity index (χ0n) is 6.55. The van der Waals surface area contributed by atoms with Crippen LogP contribution in [-0.2, 0) is 4.79 Å². The van der Waals surface area contributed by atoms with Crippen LogP contribution in [0.4, 0.5) is 0 Å². The van der Waals surface area contributed by atoms with Gasteiger partial charge in [-0.2, -0.15) is 0 Å². The second kappa shape index (κ2) is 2.48. The van der Waals surface area contributed by atoms with E-state index in [1.54, 1.807) is 0 Å². The average Bonchev–Trinajstić information content (AvgIpc) is 2.41. The van der Waals surface area contributed by atoms with Crippen molar-refractivity contribution in [2.75, 3.05) is 6.54 Å². The molecule has 0 aromatic carbocycles. The van der Waals surface area contributed by atoms with E-state index < -0.39 is 0 Å². The normalized spacial score (nSPS) is 42.4. The van der Waals surface area contributed by atoms with Crippen molar-refractivity contribution in [2.24, 2.45) is 17.6 Å². The first-order valence-electron chi connectivity index (χ1n) is 4.32. The molecule has 3 atom stereocenters. The summed E-state index contributed by atoms with van der Waals surface area (Å²) in [6.07, 6.45) is 3.74. The predicted molar refractivity (Wildman–Crippen MR) is 41.8 cm³/mol. The molecule has 1 saturated carbocycles. The minimum atomic E-state index is -0.167.